The van der Waals surface area contributed by atoms with E-state index in [2.05, 4.69) is 4.74 Å². The fourth-order valence-electron chi connectivity index (χ4n) is 1.36. The molecule has 0 spiro atoms. The van der Waals surface area contributed by atoms with Gasteiger partial charge >= 0.3 is 12.1 Å². The first-order valence-electron chi connectivity index (χ1n) is 5.86. The Balaban J connectivity index is 4.39. The lowest BCUT2D eigenvalue weighted by Crippen LogP contribution is -2.14. The van der Waals surface area contributed by atoms with E-state index in [4.69, 9.17) is 0 Å². The van der Waals surface area contributed by atoms with Gasteiger partial charge in [-0.3, -0.25) is 0 Å². The molecule has 100 valence electrons. The van der Waals surface area contributed by atoms with E-state index in [0.717, 1.165) is 19.3 Å². The number of carbonyl (C=O) groups excluding carboxylic acids is 1. The summed E-state index contributed by atoms with van der Waals surface area (Å²) < 4.78 is 42.1. The van der Waals surface area contributed by atoms with Crippen LogP contribution in [-0.4, -0.2) is 18.8 Å². The van der Waals surface area contributed by atoms with E-state index < -0.39 is 17.7 Å². The van der Waals surface area contributed by atoms with Crippen LogP contribution in [0.25, 0.3) is 0 Å². The molecule has 0 aliphatic rings. The van der Waals surface area contributed by atoms with Crippen LogP contribution in [0.15, 0.2) is 11.6 Å². The third-order valence-electron chi connectivity index (χ3n) is 2.24. The zero-order chi connectivity index (χ0) is 13.3. The lowest BCUT2D eigenvalue weighted by atomic mass is 10.1. The second kappa shape index (κ2) is 8.14. The molecule has 0 aliphatic carbocycles. The van der Waals surface area contributed by atoms with Crippen LogP contribution in [0.1, 0.15) is 46.0 Å². The van der Waals surface area contributed by atoms with Gasteiger partial charge in [-0.1, -0.05) is 26.2 Å². The maximum atomic E-state index is 12.6. The molecule has 0 N–H and O–H groups in total. The Bertz CT molecular complexity index is 257. The number of allylic oxidation sites excluding steroid dienone is 1. The number of unbranched alkanes of at least 4 members (excludes halogenated alkanes) is 3. The van der Waals surface area contributed by atoms with Crippen LogP contribution in [-0.2, 0) is 9.53 Å². The smallest absolute Gasteiger partial charge is 0.412 e. The molecule has 0 saturated carbocycles. The predicted molar refractivity (Wildman–Crippen MR) is 59.5 cm³/mol. The summed E-state index contributed by atoms with van der Waals surface area (Å²) in [7, 11) is 0. The lowest BCUT2D eigenvalue weighted by Gasteiger charge is -2.11. The van der Waals surface area contributed by atoms with E-state index in [1.165, 1.54) is 0 Å². The number of rotatable bonds is 7. The van der Waals surface area contributed by atoms with Gasteiger partial charge in [-0.2, -0.15) is 13.2 Å². The fraction of sp³-hybridized carbons (Fsp3) is 0.750. The van der Waals surface area contributed by atoms with Gasteiger partial charge in [-0.15, -0.1) is 0 Å². The first kappa shape index (κ1) is 16.0. The molecule has 17 heavy (non-hydrogen) atoms. The van der Waals surface area contributed by atoms with Crippen LogP contribution in [0.3, 0.4) is 0 Å². The van der Waals surface area contributed by atoms with Crippen LogP contribution in [0.5, 0.6) is 0 Å². The van der Waals surface area contributed by atoms with Crippen molar-refractivity contribution in [1.82, 2.24) is 0 Å². The van der Waals surface area contributed by atoms with Gasteiger partial charge in [0.05, 0.1) is 6.61 Å². The Morgan fingerprint density at radius 2 is 1.82 bits per heavy atom. The van der Waals surface area contributed by atoms with Gasteiger partial charge in [-0.05, 0) is 19.8 Å². The van der Waals surface area contributed by atoms with Crippen LogP contribution in [0, 0.1) is 0 Å². The summed E-state index contributed by atoms with van der Waals surface area (Å²) in [6.07, 6.45) is -0.949. The molecule has 0 bridgehead atoms. The monoisotopic (exact) mass is 252 g/mol. The summed E-state index contributed by atoms with van der Waals surface area (Å²) in [6.45, 7) is 3.62. The van der Waals surface area contributed by atoms with E-state index in [1.807, 2.05) is 6.92 Å². The standard InChI is InChI=1S/C12H19F3O2/c1-3-5-6-7-8-10(12(13,14)15)9-11(16)17-4-2/h9H,3-8H2,1-2H3. The topological polar surface area (TPSA) is 26.3 Å². The summed E-state index contributed by atoms with van der Waals surface area (Å²) in [5, 5.41) is 0. The SMILES string of the molecule is CCCCCCC(=CC(=O)OCC)C(F)(F)F. The van der Waals surface area contributed by atoms with Crippen molar-refractivity contribution in [2.75, 3.05) is 6.61 Å². The van der Waals surface area contributed by atoms with Gasteiger partial charge in [0.25, 0.3) is 0 Å². The van der Waals surface area contributed by atoms with Crippen molar-refractivity contribution in [2.45, 2.75) is 52.1 Å². The summed E-state index contributed by atoms with van der Waals surface area (Å²) in [4.78, 5) is 11.0. The molecular weight excluding hydrogens is 233 g/mol. The number of hydrogen-bond acceptors (Lipinski definition) is 2. The van der Waals surface area contributed by atoms with Gasteiger partial charge in [-0.25, -0.2) is 4.79 Å². The van der Waals surface area contributed by atoms with Gasteiger partial charge in [0.2, 0.25) is 0 Å². The zero-order valence-electron chi connectivity index (χ0n) is 10.3. The largest absolute Gasteiger partial charge is 0.463 e. The second-order valence-corrected chi connectivity index (χ2v) is 3.73. The first-order chi connectivity index (χ1) is 7.91. The van der Waals surface area contributed by atoms with E-state index in [1.54, 1.807) is 6.92 Å². The Morgan fingerprint density at radius 3 is 2.29 bits per heavy atom. The molecule has 0 fully saturated rings. The molecule has 0 aromatic rings. The molecule has 0 aromatic carbocycles. The van der Waals surface area contributed by atoms with E-state index in [0.29, 0.717) is 12.5 Å². The fourth-order valence-corrected chi connectivity index (χ4v) is 1.36. The number of hydrogen-bond donors (Lipinski definition) is 0. The van der Waals surface area contributed by atoms with Gasteiger partial charge in [0.1, 0.15) is 0 Å². The minimum atomic E-state index is -4.45. The first-order valence-corrected chi connectivity index (χ1v) is 5.86. The van der Waals surface area contributed by atoms with E-state index in [9.17, 15) is 18.0 Å². The van der Waals surface area contributed by atoms with E-state index >= 15 is 0 Å². The number of esters is 1. The average Bonchev–Trinajstić information content (AvgIpc) is 2.21. The number of ether oxygens (including phenoxy) is 1. The third-order valence-corrected chi connectivity index (χ3v) is 2.24. The van der Waals surface area contributed by atoms with E-state index in [-0.39, 0.29) is 13.0 Å². The predicted octanol–water partition coefficient (Wildman–Crippen LogP) is 4.01. The van der Waals surface area contributed by atoms with Crippen molar-refractivity contribution in [1.29, 1.82) is 0 Å². The minimum Gasteiger partial charge on any atom is -0.463 e. The molecular formula is C12H19F3O2. The third kappa shape index (κ3) is 7.82. The Kier molecular flexibility index (Phi) is 7.66. The molecule has 0 atom stereocenters. The van der Waals surface area contributed by atoms with Gasteiger partial charge in [0.15, 0.2) is 0 Å². The van der Waals surface area contributed by atoms with Crippen molar-refractivity contribution in [2.24, 2.45) is 0 Å². The number of halogens is 3. The maximum absolute atomic E-state index is 12.6. The van der Waals surface area contributed by atoms with Crippen LogP contribution >= 0.6 is 0 Å². The summed E-state index contributed by atoms with van der Waals surface area (Å²) in [5.41, 5.74) is -0.799. The van der Waals surface area contributed by atoms with Crippen LogP contribution in [0.4, 0.5) is 13.2 Å². The number of carbonyl (C=O) groups is 1. The molecule has 0 radical (unpaired) electrons. The summed E-state index contributed by atoms with van der Waals surface area (Å²) in [6, 6.07) is 0. The summed E-state index contributed by atoms with van der Waals surface area (Å²) in [5.74, 6) is -0.921. The molecule has 0 aliphatic heterocycles. The average molecular weight is 252 g/mol. The minimum absolute atomic E-state index is 0.0797. The van der Waals surface area contributed by atoms with Gasteiger partial charge < -0.3 is 4.74 Å². The highest BCUT2D eigenvalue weighted by Gasteiger charge is 2.33. The van der Waals surface area contributed by atoms with Gasteiger partial charge in [0, 0.05) is 11.6 Å². The molecule has 0 amide bonds. The van der Waals surface area contributed by atoms with Crippen LogP contribution in [0.2, 0.25) is 0 Å². The quantitative estimate of drug-likeness (QED) is 0.389. The second-order valence-electron chi connectivity index (χ2n) is 3.73. The van der Waals surface area contributed by atoms with Crippen LogP contribution < -0.4 is 0 Å². The Morgan fingerprint density at radius 1 is 1.18 bits per heavy atom. The highest BCUT2D eigenvalue weighted by molar-refractivity contribution is 5.83. The molecule has 0 saturated heterocycles. The molecule has 2 nitrogen and oxygen atoms in total. The molecule has 0 unspecified atom stereocenters. The lowest BCUT2D eigenvalue weighted by molar-refractivity contribution is -0.138. The molecule has 0 aromatic heterocycles. The Hall–Kier alpha value is -1.00. The summed E-state index contributed by atoms with van der Waals surface area (Å²) >= 11 is 0. The zero-order valence-corrected chi connectivity index (χ0v) is 10.3. The maximum Gasteiger partial charge on any atom is 0.412 e. The Labute approximate surface area is 99.8 Å². The van der Waals surface area contributed by atoms with Crippen molar-refractivity contribution in [3.05, 3.63) is 11.6 Å². The highest BCUT2D eigenvalue weighted by Crippen LogP contribution is 2.29. The number of alkyl halides is 3. The van der Waals surface area contributed by atoms with Crippen molar-refractivity contribution >= 4 is 5.97 Å². The normalized spacial score (nSPS) is 12.6. The molecule has 5 heteroatoms. The van der Waals surface area contributed by atoms with Crippen molar-refractivity contribution in [3.8, 4) is 0 Å². The molecule has 0 heterocycles. The highest BCUT2D eigenvalue weighted by atomic mass is 19.4. The molecule has 0 rings (SSSR count). The van der Waals surface area contributed by atoms with Crippen molar-refractivity contribution < 1.29 is 22.7 Å². The van der Waals surface area contributed by atoms with Crippen molar-refractivity contribution in [3.63, 3.8) is 0 Å².